The predicted molar refractivity (Wildman–Crippen MR) is 76.8 cm³/mol. The van der Waals surface area contributed by atoms with E-state index in [1.807, 2.05) is 0 Å². The van der Waals surface area contributed by atoms with Gasteiger partial charge >= 0.3 is 0 Å². The number of aliphatic hydroxyl groups is 1. The minimum Gasteiger partial charge on any atom is -0.393 e. The van der Waals surface area contributed by atoms with E-state index in [-0.39, 0.29) is 6.10 Å². The van der Waals surface area contributed by atoms with Crippen molar-refractivity contribution in [3.8, 4) is 0 Å². The zero-order chi connectivity index (χ0) is 13.1. The van der Waals surface area contributed by atoms with Gasteiger partial charge < -0.3 is 9.84 Å². The summed E-state index contributed by atoms with van der Waals surface area (Å²) in [5, 5.41) is 9.96. The molecule has 1 fully saturated rings. The molecular weight excluding hydrogens is 224 g/mol. The maximum absolute atomic E-state index is 9.96. The number of aliphatic hydroxyl groups excluding tert-OH is 1. The van der Waals surface area contributed by atoms with E-state index in [0.29, 0.717) is 6.10 Å². The topological polar surface area (TPSA) is 29.5 Å². The van der Waals surface area contributed by atoms with Crippen molar-refractivity contribution in [1.29, 1.82) is 0 Å². The summed E-state index contributed by atoms with van der Waals surface area (Å²) in [7, 11) is 0. The van der Waals surface area contributed by atoms with E-state index in [4.69, 9.17) is 4.74 Å². The molecule has 2 unspecified atom stereocenters. The number of hydrogen-bond donors (Lipinski definition) is 1. The summed E-state index contributed by atoms with van der Waals surface area (Å²) in [5.41, 5.74) is 0. The van der Waals surface area contributed by atoms with Crippen LogP contribution in [0.1, 0.15) is 84.0 Å². The van der Waals surface area contributed by atoms with Crippen molar-refractivity contribution >= 4 is 0 Å². The van der Waals surface area contributed by atoms with Gasteiger partial charge in [-0.25, -0.2) is 0 Å². The molecule has 0 spiro atoms. The Balaban J connectivity index is 1.88. The second kappa shape index (κ2) is 10.8. The summed E-state index contributed by atoms with van der Waals surface area (Å²) in [6.07, 6.45) is 14.9. The Hall–Kier alpha value is -0.0800. The Morgan fingerprint density at radius 1 is 1.06 bits per heavy atom. The molecule has 0 aromatic heterocycles. The van der Waals surface area contributed by atoms with Crippen molar-refractivity contribution in [2.45, 2.75) is 96.2 Å². The Morgan fingerprint density at radius 2 is 1.78 bits per heavy atom. The normalized spacial score (nSPS) is 22.0. The van der Waals surface area contributed by atoms with Crippen LogP contribution in [0.25, 0.3) is 0 Å². The SMILES string of the molecule is CCCCCCCCCC(O)CC1CCCCO1. The molecule has 0 aromatic rings. The summed E-state index contributed by atoms with van der Waals surface area (Å²) in [6, 6.07) is 0. The standard InChI is InChI=1S/C16H32O2/c1-2-3-4-5-6-7-8-11-15(17)14-16-12-9-10-13-18-16/h15-17H,2-14H2,1H3. The lowest BCUT2D eigenvalue weighted by molar-refractivity contribution is -0.0167. The minimum absolute atomic E-state index is 0.135. The van der Waals surface area contributed by atoms with Crippen LogP contribution in [0.2, 0.25) is 0 Å². The zero-order valence-electron chi connectivity index (χ0n) is 12.2. The molecule has 1 heterocycles. The maximum atomic E-state index is 9.96. The molecule has 18 heavy (non-hydrogen) atoms. The van der Waals surface area contributed by atoms with Gasteiger partial charge in [-0.2, -0.15) is 0 Å². The summed E-state index contributed by atoms with van der Waals surface area (Å²) >= 11 is 0. The number of rotatable bonds is 10. The van der Waals surface area contributed by atoms with Gasteiger partial charge in [0.25, 0.3) is 0 Å². The van der Waals surface area contributed by atoms with Gasteiger partial charge in [-0.1, -0.05) is 51.9 Å². The molecule has 0 radical (unpaired) electrons. The van der Waals surface area contributed by atoms with Crippen LogP contribution in [0.4, 0.5) is 0 Å². The zero-order valence-corrected chi connectivity index (χ0v) is 12.2. The van der Waals surface area contributed by atoms with Crippen molar-refractivity contribution in [3.05, 3.63) is 0 Å². The van der Waals surface area contributed by atoms with E-state index in [2.05, 4.69) is 6.92 Å². The Morgan fingerprint density at radius 3 is 2.44 bits per heavy atom. The third-order valence-electron chi connectivity index (χ3n) is 3.95. The first-order chi connectivity index (χ1) is 8.83. The van der Waals surface area contributed by atoms with Gasteiger partial charge in [0.15, 0.2) is 0 Å². The summed E-state index contributed by atoms with van der Waals surface area (Å²) in [6.45, 7) is 3.15. The van der Waals surface area contributed by atoms with Crippen LogP contribution in [0.15, 0.2) is 0 Å². The maximum Gasteiger partial charge on any atom is 0.0599 e. The quantitative estimate of drug-likeness (QED) is 0.585. The van der Waals surface area contributed by atoms with Crippen molar-refractivity contribution in [3.63, 3.8) is 0 Å². The van der Waals surface area contributed by atoms with E-state index in [1.165, 1.54) is 57.8 Å². The Bertz CT molecular complexity index is 176. The first kappa shape index (κ1) is 16.0. The lowest BCUT2D eigenvalue weighted by Crippen LogP contribution is -2.24. The largest absolute Gasteiger partial charge is 0.393 e. The Labute approximate surface area is 113 Å². The van der Waals surface area contributed by atoms with Crippen LogP contribution in [0, 0.1) is 0 Å². The molecule has 108 valence electrons. The van der Waals surface area contributed by atoms with Crippen LogP contribution < -0.4 is 0 Å². The average Bonchev–Trinajstić information content (AvgIpc) is 2.39. The third-order valence-corrected chi connectivity index (χ3v) is 3.95. The van der Waals surface area contributed by atoms with Gasteiger partial charge in [-0.05, 0) is 32.1 Å². The first-order valence-corrected chi connectivity index (χ1v) is 8.12. The molecule has 2 atom stereocenters. The van der Waals surface area contributed by atoms with E-state index >= 15 is 0 Å². The number of hydrogen-bond acceptors (Lipinski definition) is 2. The minimum atomic E-state index is -0.135. The average molecular weight is 256 g/mol. The van der Waals surface area contributed by atoms with E-state index in [0.717, 1.165) is 25.9 Å². The van der Waals surface area contributed by atoms with Crippen molar-refractivity contribution in [1.82, 2.24) is 0 Å². The number of unbranched alkanes of at least 4 members (excludes halogenated alkanes) is 6. The molecular formula is C16H32O2. The van der Waals surface area contributed by atoms with Crippen molar-refractivity contribution in [2.75, 3.05) is 6.61 Å². The van der Waals surface area contributed by atoms with E-state index in [1.54, 1.807) is 0 Å². The number of ether oxygens (including phenoxy) is 1. The van der Waals surface area contributed by atoms with Crippen LogP contribution in [0.3, 0.4) is 0 Å². The van der Waals surface area contributed by atoms with Crippen LogP contribution >= 0.6 is 0 Å². The molecule has 1 aliphatic rings. The van der Waals surface area contributed by atoms with E-state index < -0.39 is 0 Å². The van der Waals surface area contributed by atoms with Crippen LogP contribution in [0.5, 0.6) is 0 Å². The van der Waals surface area contributed by atoms with Crippen LogP contribution in [-0.2, 0) is 4.74 Å². The van der Waals surface area contributed by atoms with Crippen molar-refractivity contribution in [2.24, 2.45) is 0 Å². The Kier molecular flexibility index (Phi) is 9.59. The molecule has 1 N–H and O–H groups in total. The van der Waals surface area contributed by atoms with Gasteiger partial charge in [0.2, 0.25) is 0 Å². The fourth-order valence-corrected chi connectivity index (χ4v) is 2.75. The second-order valence-electron chi connectivity index (χ2n) is 5.79. The molecule has 2 heteroatoms. The molecule has 0 aliphatic carbocycles. The molecule has 2 nitrogen and oxygen atoms in total. The summed E-state index contributed by atoms with van der Waals surface area (Å²) in [5.74, 6) is 0. The molecule has 1 saturated heterocycles. The summed E-state index contributed by atoms with van der Waals surface area (Å²) < 4.78 is 5.66. The fraction of sp³-hybridized carbons (Fsp3) is 1.00. The lowest BCUT2D eigenvalue weighted by atomic mass is 9.99. The van der Waals surface area contributed by atoms with Crippen LogP contribution in [-0.4, -0.2) is 23.9 Å². The fourth-order valence-electron chi connectivity index (χ4n) is 2.75. The second-order valence-corrected chi connectivity index (χ2v) is 5.79. The highest BCUT2D eigenvalue weighted by molar-refractivity contribution is 4.68. The predicted octanol–water partition coefficient (Wildman–Crippen LogP) is 4.45. The highest BCUT2D eigenvalue weighted by Crippen LogP contribution is 2.19. The molecule has 0 bridgehead atoms. The van der Waals surface area contributed by atoms with Gasteiger partial charge in [0.1, 0.15) is 0 Å². The third kappa shape index (κ3) is 8.10. The first-order valence-electron chi connectivity index (χ1n) is 8.12. The molecule has 0 amide bonds. The molecule has 1 rings (SSSR count). The molecule has 1 aliphatic heterocycles. The highest BCUT2D eigenvalue weighted by atomic mass is 16.5. The van der Waals surface area contributed by atoms with E-state index in [9.17, 15) is 5.11 Å². The molecule has 0 saturated carbocycles. The van der Waals surface area contributed by atoms with Gasteiger partial charge in [0.05, 0.1) is 12.2 Å². The monoisotopic (exact) mass is 256 g/mol. The highest BCUT2D eigenvalue weighted by Gasteiger charge is 2.17. The summed E-state index contributed by atoms with van der Waals surface area (Å²) in [4.78, 5) is 0. The smallest absolute Gasteiger partial charge is 0.0599 e. The van der Waals surface area contributed by atoms with Crippen molar-refractivity contribution < 1.29 is 9.84 Å². The van der Waals surface area contributed by atoms with Gasteiger partial charge in [0, 0.05) is 6.61 Å². The molecule has 0 aromatic carbocycles. The van der Waals surface area contributed by atoms with Gasteiger partial charge in [-0.15, -0.1) is 0 Å². The van der Waals surface area contributed by atoms with Gasteiger partial charge in [-0.3, -0.25) is 0 Å². The lowest BCUT2D eigenvalue weighted by Gasteiger charge is -2.24.